The second-order valence-corrected chi connectivity index (χ2v) is 6.95. The molecule has 0 aliphatic heterocycles. The van der Waals surface area contributed by atoms with Gasteiger partial charge in [0.2, 0.25) is 5.13 Å². The minimum absolute atomic E-state index is 0.0282. The first kappa shape index (κ1) is 16.7. The smallest absolute Gasteiger partial charge is 0.254 e. The van der Waals surface area contributed by atoms with Crippen molar-refractivity contribution in [1.82, 2.24) is 20.1 Å². The summed E-state index contributed by atoms with van der Waals surface area (Å²) < 4.78 is 16.5. The van der Waals surface area contributed by atoms with E-state index in [4.69, 9.17) is 11.6 Å². The Balaban J connectivity index is 1.50. The van der Waals surface area contributed by atoms with Gasteiger partial charge in [-0.25, -0.2) is 14.1 Å². The first-order valence-electron chi connectivity index (χ1n) is 7.73. The molecule has 2 heterocycles. The van der Waals surface area contributed by atoms with Gasteiger partial charge in [0, 0.05) is 18.3 Å². The van der Waals surface area contributed by atoms with Gasteiger partial charge >= 0.3 is 0 Å². The molecule has 26 heavy (non-hydrogen) atoms. The summed E-state index contributed by atoms with van der Waals surface area (Å²) in [5.74, 6) is -0.878. The third kappa shape index (κ3) is 3.18. The zero-order valence-electron chi connectivity index (χ0n) is 13.3. The van der Waals surface area contributed by atoms with E-state index in [1.807, 2.05) is 24.3 Å². The maximum Gasteiger partial charge on any atom is 0.254 e. The van der Waals surface area contributed by atoms with E-state index in [9.17, 15) is 9.18 Å². The Hall–Kier alpha value is -2.77. The highest BCUT2D eigenvalue weighted by atomic mass is 35.5. The van der Waals surface area contributed by atoms with Gasteiger partial charge in [0.1, 0.15) is 5.82 Å². The molecule has 0 atom stereocenters. The fourth-order valence-electron chi connectivity index (χ4n) is 2.47. The summed E-state index contributed by atoms with van der Waals surface area (Å²) in [7, 11) is 0. The molecule has 2 aromatic heterocycles. The highest BCUT2D eigenvalue weighted by Gasteiger charge is 2.13. The van der Waals surface area contributed by atoms with Gasteiger partial charge in [-0.1, -0.05) is 47.2 Å². The number of fused-ring (bicyclic) bond motifs is 1. The molecule has 8 heteroatoms. The zero-order valence-corrected chi connectivity index (χ0v) is 14.9. The number of amides is 1. The Kier molecular flexibility index (Phi) is 4.40. The number of halogens is 2. The van der Waals surface area contributed by atoms with Crippen molar-refractivity contribution in [1.29, 1.82) is 0 Å². The van der Waals surface area contributed by atoms with Crippen molar-refractivity contribution in [3.63, 3.8) is 0 Å². The van der Waals surface area contributed by atoms with Crippen molar-refractivity contribution in [2.24, 2.45) is 0 Å². The normalized spacial score (nSPS) is 11.0. The third-order valence-electron chi connectivity index (χ3n) is 3.79. The van der Waals surface area contributed by atoms with Gasteiger partial charge in [-0.3, -0.25) is 4.79 Å². The molecule has 0 aliphatic rings. The fourth-order valence-corrected chi connectivity index (χ4v) is 3.56. The minimum Gasteiger partial charge on any atom is -0.348 e. The highest BCUT2D eigenvalue weighted by molar-refractivity contribution is 7.20. The largest absolute Gasteiger partial charge is 0.348 e. The Morgan fingerprint density at radius 2 is 2.08 bits per heavy atom. The van der Waals surface area contributed by atoms with Crippen molar-refractivity contribution < 1.29 is 9.18 Å². The summed E-state index contributed by atoms with van der Waals surface area (Å²) in [6.45, 7) is 0.0392. The molecule has 0 spiro atoms. The average Bonchev–Trinajstić information content (AvgIpc) is 3.29. The lowest BCUT2D eigenvalue weighted by Gasteiger charge is -2.05. The average molecular weight is 387 g/mol. The van der Waals surface area contributed by atoms with Crippen LogP contribution in [0, 0.1) is 5.82 Å². The summed E-state index contributed by atoms with van der Waals surface area (Å²) in [5, 5.41) is 7.57. The number of nitrogens with zero attached hydrogens (tertiary/aromatic N) is 3. The van der Waals surface area contributed by atoms with E-state index in [0.29, 0.717) is 16.3 Å². The van der Waals surface area contributed by atoms with Crippen molar-refractivity contribution in [2.75, 3.05) is 0 Å². The van der Waals surface area contributed by atoms with Gasteiger partial charge in [-0.15, -0.1) is 0 Å². The second kappa shape index (κ2) is 6.86. The predicted octanol–water partition coefficient (Wildman–Crippen LogP) is 4.20. The van der Waals surface area contributed by atoms with Crippen LogP contribution in [0.4, 0.5) is 4.39 Å². The van der Waals surface area contributed by atoms with Crippen molar-refractivity contribution in [2.45, 2.75) is 6.54 Å². The molecule has 4 aromatic rings. The number of thiazole rings is 1. The number of para-hydroxylation sites is 1. The quantitative estimate of drug-likeness (QED) is 0.571. The van der Waals surface area contributed by atoms with E-state index in [1.165, 1.54) is 23.6 Å². The lowest BCUT2D eigenvalue weighted by molar-refractivity contribution is 0.0950. The molecule has 2 aromatic carbocycles. The first-order valence-corrected chi connectivity index (χ1v) is 8.93. The van der Waals surface area contributed by atoms with Gasteiger partial charge in [-0.2, -0.15) is 5.10 Å². The first-order chi connectivity index (χ1) is 12.6. The molecule has 0 fully saturated rings. The van der Waals surface area contributed by atoms with E-state index in [1.54, 1.807) is 23.0 Å². The van der Waals surface area contributed by atoms with Crippen LogP contribution in [0.5, 0.6) is 0 Å². The summed E-state index contributed by atoms with van der Waals surface area (Å²) >= 11 is 7.23. The predicted molar refractivity (Wildman–Crippen MR) is 99.3 cm³/mol. The van der Waals surface area contributed by atoms with E-state index in [2.05, 4.69) is 15.4 Å². The van der Waals surface area contributed by atoms with Crippen molar-refractivity contribution in [3.05, 3.63) is 76.8 Å². The highest BCUT2D eigenvalue weighted by Crippen LogP contribution is 2.24. The van der Waals surface area contributed by atoms with E-state index < -0.39 is 5.82 Å². The third-order valence-corrected chi connectivity index (χ3v) is 5.11. The topological polar surface area (TPSA) is 59.8 Å². The molecule has 0 bridgehead atoms. The van der Waals surface area contributed by atoms with Crippen LogP contribution < -0.4 is 5.32 Å². The van der Waals surface area contributed by atoms with Crippen LogP contribution in [0.3, 0.4) is 0 Å². The lowest BCUT2D eigenvalue weighted by Crippen LogP contribution is -2.23. The molecule has 0 saturated carbocycles. The van der Waals surface area contributed by atoms with Gasteiger partial charge < -0.3 is 5.32 Å². The number of hydrogen-bond acceptors (Lipinski definition) is 4. The lowest BCUT2D eigenvalue weighted by atomic mass is 10.2. The molecule has 130 valence electrons. The van der Waals surface area contributed by atoms with Crippen LogP contribution in [0.2, 0.25) is 5.02 Å². The number of carbonyl (C=O) groups excluding carboxylic acids is 1. The van der Waals surface area contributed by atoms with Crippen molar-refractivity contribution in [3.8, 4) is 5.13 Å². The van der Waals surface area contributed by atoms with Gasteiger partial charge in [0.25, 0.3) is 5.91 Å². The SMILES string of the molecule is O=C(NCc1cccc(Cl)c1F)c1cnn(-c2nc3ccccc3s2)c1. The molecule has 4 rings (SSSR count). The van der Waals surface area contributed by atoms with E-state index in [-0.39, 0.29) is 17.5 Å². The minimum atomic E-state index is -0.528. The summed E-state index contributed by atoms with van der Waals surface area (Å²) in [6.07, 6.45) is 3.05. The van der Waals surface area contributed by atoms with Gasteiger partial charge in [0.05, 0.1) is 27.0 Å². The number of rotatable bonds is 4. The monoisotopic (exact) mass is 386 g/mol. The van der Waals surface area contributed by atoms with Gasteiger partial charge in [0.15, 0.2) is 0 Å². The van der Waals surface area contributed by atoms with E-state index >= 15 is 0 Å². The molecule has 5 nitrogen and oxygen atoms in total. The number of hydrogen-bond donors (Lipinski definition) is 1. The Morgan fingerprint density at radius 1 is 1.23 bits per heavy atom. The summed E-state index contributed by atoms with van der Waals surface area (Å²) in [4.78, 5) is 16.8. The van der Waals surface area contributed by atoms with E-state index in [0.717, 1.165) is 10.2 Å². The number of aromatic nitrogens is 3. The van der Waals surface area contributed by atoms with Crippen LogP contribution in [0.1, 0.15) is 15.9 Å². The molecule has 0 saturated heterocycles. The maximum atomic E-state index is 13.9. The Labute approximate surface area is 157 Å². The van der Waals surface area contributed by atoms with Crippen LogP contribution in [0.25, 0.3) is 15.3 Å². The number of nitrogens with one attached hydrogen (secondary N) is 1. The Morgan fingerprint density at radius 3 is 2.92 bits per heavy atom. The number of carbonyl (C=O) groups is 1. The standard InChI is InChI=1S/C18H12ClFN4OS/c19-13-5-3-4-11(16(13)20)8-21-17(25)12-9-22-24(10-12)18-23-14-6-1-2-7-15(14)26-18/h1-7,9-10H,8H2,(H,21,25). The van der Waals surface area contributed by atoms with Crippen LogP contribution >= 0.6 is 22.9 Å². The van der Waals surface area contributed by atoms with Crippen LogP contribution in [-0.2, 0) is 6.54 Å². The van der Waals surface area contributed by atoms with Gasteiger partial charge in [-0.05, 0) is 18.2 Å². The molecule has 1 amide bonds. The number of benzene rings is 2. The zero-order chi connectivity index (χ0) is 18.1. The second-order valence-electron chi connectivity index (χ2n) is 5.53. The molecular weight excluding hydrogens is 375 g/mol. The molecule has 0 aliphatic carbocycles. The Bertz CT molecular complexity index is 1070. The fraction of sp³-hybridized carbons (Fsp3) is 0.0556. The van der Waals surface area contributed by atoms with Crippen LogP contribution in [0.15, 0.2) is 54.9 Å². The molecule has 0 unspecified atom stereocenters. The van der Waals surface area contributed by atoms with Crippen LogP contribution in [-0.4, -0.2) is 20.7 Å². The van der Waals surface area contributed by atoms with Crippen molar-refractivity contribution >= 4 is 39.1 Å². The molecule has 1 N–H and O–H groups in total. The summed E-state index contributed by atoms with van der Waals surface area (Å²) in [5.41, 5.74) is 1.57. The maximum absolute atomic E-state index is 13.9. The summed E-state index contributed by atoms with van der Waals surface area (Å²) in [6, 6.07) is 12.4. The molecular formula is C18H12ClFN4OS. The molecule has 0 radical (unpaired) electrons.